The first kappa shape index (κ1) is 33.3. The highest BCUT2D eigenvalue weighted by atomic mass is 19.1. The zero-order valence-electron chi connectivity index (χ0n) is 25.4. The van der Waals surface area contributed by atoms with Crippen molar-refractivity contribution in [2.24, 2.45) is 0 Å². The standard InChI is InChI=1S/C24H27F2N3O5.C6H13NO2/c1-3-19(30)27-10-18(26)13-5-4-8-28(11-13)21-17(25)9-15-20(23(21)34-2)29(14-6-7-14)12-16(22(15)31)24(32)33;1-6(2,3)9-5(8)7-4/h9,12,14H,3-8,10-11H2,1-2H3,(H,27,30)(H,32,33);1-4H3,(H,7,8)/b18-13+;. The van der Waals surface area contributed by atoms with Crippen molar-refractivity contribution in [1.82, 2.24) is 15.2 Å². The van der Waals surface area contributed by atoms with E-state index in [4.69, 9.17) is 9.47 Å². The van der Waals surface area contributed by atoms with Gasteiger partial charge in [0.05, 0.1) is 24.6 Å². The fourth-order valence-electron chi connectivity index (χ4n) is 4.76. The largest absolute Gasteiger partial charge is 0.492 e. The molecule has 1 saturated carbocycles. The Morgan fingerprint density at radius 3 is 2.40 bits per heavy atom. The molecule has 3 N–H and O–H groups in total. The number of carboxylic acids is 1. The van der Waals surface area contributed by atoms with E-state index in [1.807, 2.05) is 20.8 Å². The first-order valence-electron chi connectivity index (χ1n) is 14.2. The zero-order chi connectivity index (χ0) is 32.1. The van der Waals surface area contributed by atoms with Crippen molar-refractivity contribution in [1.29, 1.82) is 0 Å². The molecule has 2 fully saturated rings. The molecule has 0 atom stereocenters. The van der Waals surface area contributed by atoms with Crippen LogP contribution in [-0.4, -0.2) is 67.0 Å². The summed E-state index contributed by atoms with van der Waals surface area (Å²) in [5.41, 5.74) is -0.684. The second kappa shape index (κ2) is 13.9. The number of amides is 2. The highest BCUT2D eigenvalue weighted by Crippen LogP contribution is 2.44. The average Bonchev–Trinajstić information content (AvgIpc) is 3.80. The van der Waals surface area contributed by atoms with Crippen LogP contribution >= 0.6 is 0 Å². The summed E-state index contributed by atoms with van der Waals surface area (Å²) in [6, 6.07) is 1.04. The monoisotopic (exact) mass is 606 g/mol. The Morgan fingerprint density at radius 2 is 1.88 bits per heavy atom. The first-order valence-corrected chi connectivity index (χ1v) is 14.2. The Labute approximate surface area is 248 Å². The lowest BCUT2D eigenvalue weighted by Gasteiger charge is -2.33. The predicted molar refractivity (Wildman–Crippen MR) is 158 cm³/mol. The SMILES string of the molecule is CCC(=O)NC/C(F)=C1/CCCN(c2c(F)cc3c(=O)c(C(=O)O)cn(C4CC4)c3c2OC)C1.CNC(=O)OC(C)(C)C. The van der Waals surface area contributed by atoms with Gasteiger partial charge in [0.25, 0.3) is 0 Å². The van der Waals surface area contributed by atoms with Gasteiger partial charge in [-0.15, -0.1) is 0 Å². The van der Waals surface area contributed by atoms with Gasteiger partial charge < -0.3 is 34.7 Å². The van der Waals surface area contributed by atoms with Crippen molar-refractivity contribution < 1.29 is 37.7 Å². The maximum atomic E-state index is 15.5. The molecule has 11 nitrogen and oxygen atoms in total. The van der Waals surface area contributed by atoms with E-state index in [2.05, 4.69) is 10.6 Å². The van der Waals surface area contributed by atoms with E-state index >= 15 is 4.39 Å². The minimum absolute atomic E-state index is 0.00940. The lowest BCUT2D eigenvalue weighted by Crippen LogP contribution is -2.34. The molecule has 0 spiro atoms. The van der Waals surface area contributed by atoms with E-state index in [1.165, 1.54) is 20.4 Å². The quantitative estimate of drug-likeness (QED) is 0.413. The number of benzene rings is 1. The van der Waals surface area contributed by atoms with Gasteiger partial charge in [0.15, 0.2) is 11.6 Å². The average molecular weight is 607 g/mol. The van der Waals surface area contributed by atoms with Crippen LogP contribution in [0, 0.1) is 5.82 Å². The number of hydrogen-bond acceptors (Lipinski definition) is 7. The summed E-state index contributed by atoms with van der Waals surface area (Å²) in [5, 5.41) is 14.3. The number of halogens is 2. The Morgan fingerprint density at radius 1 is 1.21 bits per heavy atom. The van der Waals surface area contributed by atoms with E-state index in [1.54, 1.807) is 16.4 Å². The lowest BCUT2D eigenvalue weighted by atomic mass is 10.0. The van der Waals surface area contributed by atoms with Crippen molar-refractivity contribution >= 4 is 34.6 Å². The fraction of sp³-hybridized carbons (Fsp3) is 0.533. The molecule has 4 rings (SSSR count). The van der Waals surface area contributed by atoms with Gasteiger partial charge in [0.2, 0.25) is 11.3 Å². The highest BCUT2D eigenvalue weighted by molar-refractivity contribution is 5.97. The van der Waals surface area contributed by atoms with Crippen LogP contribution in [0.1, 0.15) is 76.2 Å². The number of hydrogen-bond donors (Lipinski definition) is 3. The number of piperidine rings is 1. The summed E-state index contributed by atoms with van der Waals surface area (Å²) in [6.07, 6.45) is 3.82. The summed E-state index contributed by atoms with van der Waals surface area (Å²) in [7, 11) is 2.90. The maximum Gasteiger partial charge on any atom is 0.407 e. The number of carbonyl (C=O) groups is 3. The number of methoxy groups -OCH3 is 1. The number of pyridine rings is 1. The third-order valence-corrected chi connectivity index (χ3v) is 6.93. The number of fused-ring (bicyclic) bond motifs is 1. The topological polar surface area (TPSA) is 139 Å². The number of nitrogens with zero attached hydrogens (tertiary/aromatic N) is 2. The van der Waals surface area contributed by atoms with Crippen molar-refractivity contribution in [3.63, 3.8) is 0 Å². The van der Waals surface area contributed by atoms with Gasteiger partial charge in [-0.05, 0) is 58.1 Å². The van der Waals surface area contributed by atoms with Gasteiger partial charge in [-0.2, -0.15) is 0 Å². The number of ether oxygens (including phenoxy) is 2. The molecule has 1 aliphatic heterocycles. The molecular weight excluding hydrogens is 566 g/mol. The molecule has 1 aromatic carbocycles. The van der Waals surface area contributed by atoms with Crippen LogP contribution in [0.15, 0.2) is 28.5 Å². The van der Waals surface area contributed by atoms with Crippen molar-refractivity contribution in [2.75, 3.05) is 38.7 Å². The fourth-order valence-corrected chi connectivity index (χ4v) is 4.76. The summed E-state index contributed by atoms with van der Waals surface area (Å²) in [4.78, 5) is 48.1. The van der Waals surface area contributed by atoms with Crippen molar-refractivity contribution in [3.05, 3.63) is 45.3 Å². The first-order chi connectivity index (χ1) is 20.2. The zero-order valence-corrected chi connectivity index (χ0v) is 25.4. The number of aromatic carboxylic acids is 1. The normalized spacial score (nSPS) is 16.1. The molecule has 1 aromatic heterocycles. The second-order valence-corrected chi connectivity index (χ2v) is 11.4. The highest BCUT2D eigenvalue weighted by Gasteiger charge is 2.32. The number of anilines is 1. The van der Waals surface area contributed by atoms with Gasteiger partial charge in [0, 0.05) is 38.8 Å². The molecule has 13 heteroatoms. The summed E-state index contributed by atoms with van der Waals surface area (Å²) < 4.78 is 42.4. The van der Waals surface area contributed by atoms with Crippen LogP contribution in [0.5, 0.6) is 5.75 Å². The third-order valence-electron chi connectivity index (χ3n) is 6.93. The summed E-state index contributed by atoms with van der Waals surface area (Å²) in [6.45, 7) is 7.47. The van der Waals surface area contributed by atoms with Crippen LogP contribution in [0.4, 0.5) is 19.3 Å². The Balaban J connectivity index is 0.000000489. The Hall–Kier alpha value is -4.16. The number of carbonyl (C=O) groups excluding carboxylic acids is 2. The van der Waals surface area contributed by atoms with Crippen LogP contribution in [0.2, 0.25) is 0 Å². The van der Waals surface area contributed by atoms with Crippen LogP contribution in [0.3, 0.4) is 0 Å². The van der Waals surface area contributed by atoms with Gasteiger partial charge >= 0.3 is 12.1 Å². The number of aromatic nitrogens is 1. The van der Waals surface area contributed by atoms with Gasteiger partial charge in [0.1, 0.15) is 22.7 Å². The molecule has 43 heavy (non-hydrogen) atoms. The van der Waals surface area contributed by atoms with E-state index in [-0.39, 0.29) is 60.0 Å². The molecule has 1 aliphatic carbocycles. The van der Waals surface area contributed by atoms with Crippen LogP contribution < -0.4 is 25.7 Å². The smallest absolute Gasteiger partial charge is 0.407 e. The van der Waals surface area contributed by atoms with Gasteiger partial charge in [-0.3, -0.25) is 9.59 Å². The Bertz CT molecular complexity index is 1480. The molecule has 2 aliphatic rings. The predicted octanol–water partition coefficient (Wildman–Crippen LogP) is 4.67. The maximum absolute atomic E-state index is 15.5. The second-order valence-electron chi connectivity index (χ2n) is 11.4. The number of alkyl carbamates (subject to hydrolysis) is 1. The molecule has 0 unspecified atom stereocenters. The van der Waals surface area contributed by atoms with E-state index in [9.17, 15) is 28.7 Å². The Kier molecular flexibility index (Phi) is 10.8. The molecule has 2 heterocycles. The van der Waals surface area contributed by atoms with Crippen molar-refractivity contribution in [2.45, 2.75) is 71.4 Å². The molecule has 236 valence electrons. The minimum Gasteiger partial charge on any atom is -0.492 e. The van der Waals surface area contributed by atoms with Crippen molar-refractivity contribution in [3.8, 4) is 5.75 Å². The van der Waals surface area contributed by atoms with E-state index in [0.29, 0.717) is 30.5 Å². The van der Waals surface area contributed by atoms with Gasteiger partial charge in [-0.25, -0.2) is 18.4 Å². The molecule has 0 bridgehead atoms. The molecule has 2 aromatic rings. The molecule has 1 saturated heterocycles. The van der Waals surface area contributed by atoms with Crippen LogP contribution in [-0.2, 0) is 9.53 Å². The number of rotatable bonds is 7. The summed E-state index contributed by atoms with van der Waals surface area (Å²) >= 11 is 0. The van der Waals surface area contributed by atoms with E-state index in [0.717, 1.165) is 18.9 Å². The van der Waals surface area contributed by atoms with Crippen LogP contribution in [0.25, 0.3) is 10.9 Å². The minimum atomic E-state index is -1.37. The van der Waals surface area contributed by atoms with E-state index < -0.39 is 28.6 Å². The number of carboxylic acid groups (broad SMARTS) is 1. The molecular formula is C30H40F2N4O7. The summed E-state index contributed by atoms with van der Waals surface area (Å²) in [5.74, 6) is -2.71. The lowest BCUT2D eigenvalue weighted by molar-refractivity contribution is -0.120. The number of nitrogens with one attached hydrogen (secondary N) is 2. The van der Waals surface area contributed by atoms with Gasteiger partial charge in [-0.1, -0.05) is 6.92 Å². The third kappa shape index (κ3) is 8.23. The molecule has 2 amide bonds. The molecule has 0 radical (unpaired) electrons.